The van der Waals surface area contributed by atoms with Gasteiger partial charge in [-0.1, -0.05) is 6.92 Å². The highest BCUT2D eigenvalue weighted by molar-refractivity contribution is 7.91. The first kappa shape index (κ1) is 21.3. The van der Waals surface area contributed by atoms with Gasteiger partial charge in [0.2, 0.25) is 5.88 Å². The van der Waals surface area contributed by atoms with Crippen molar-refractivity contribution in [2.45, 2.75) is 68.8 Å². The molecular formula is C17H28ClN3O4S. The van der Waals surface area contributed by atoms with Crippen molar-refractivity contribution in [1.29, 1.82) is 0 Å². The lowest BCUT2D eigenvalue weighted by Gasteiger charge is -2.32. The van der Waals surface area contributed by atoms with Gasteiger partial charge in [-0.05, 0) is 51.6 Å². The van der Waals surface area contributed by atoms with Crippen LogP contribution >= 0.6 is 12.4 Å². The second-order valence-electron chi connectivity index (χ2n) is 6.70. The minimum Gasteiger partial charge on any atom is -0.473 e. The molecule has 9 heteroatoms. The molecule has 0 aromatic carbocycles. The van der Waals surface area contributed by atoms with E-state index in [0.717, 1.165) is 51.6 Å². The Hall–Kier alpha value is -0.960. The molecule has 0 unspecified atom stereocenters. The Kier molecular flexibility index (Phi) is 8.06. The molecule has 26 heavy (non-hydrogen) atoms. The molecule has 3 rings (SSSR count). The minimum absolute atomic E-state index is 0. The molecule has 1 saturated heterocycles. The van der Waals surface area contributed by atoms with E-state index >= 15 is 0 Å². The first-order chi connectivity index (χ1) is 12.1. The van der Waals surface area contributed by atoms with Gasteiger partial charge in [-0.15, -0.1) is 12.4 Å². The average molecular weight is 406 g/mol. The molecule has 148 valence electrons. The Morgan fingerprint density at radius 1 is 1.00 bits per heavy atom. The normalized spacial score (nSPS) is 24.7. The van der Waals surface area contributed by atoms with Crippen LogP contribution < -0.4 is 10.1 Å². The molecule has 2 heterocycles. The molecule has 0 radical (unpaired) electrons. The van der Waals surface area contributed by atoms with Crippen LogP contribution in [0.2, 0.25) is 0 Å². The summed E-state index contributed by atoms with van der Waals surface area (Å²) >= 11 is 0. The van der Waals surface area contributed by atoms with Crippen molar-refractivity contribution in [2.75, 3.05) is 18.8 Å². The Morgan fingerprint density at radius 2 is 1.62 bits per heavy atom. The molecule has 0 atom stereocenters. The Labute approximate surface area is 161 Å². The number of ether oxygens (including phenoxy) is 2. The molecule has 1 aliphatic heterocycles. The van der Waals surface area contributed by atoms with E-state index < -0.39 is 9.84 Å². The molecule has 1 N–H and O–H groups in total. The van der Waals surface area contributed by atoms with Crippen molar-refractivity contribution in [3.8, 4) is 5.88 Å². The number of rotatable bonds is 6. The number of aromatic nitrogens is 2. The lowest BCUT2D eigenvalue weighted by atomic mass is 9.94. The lowest BCUT2D eigenvalue weighted by molar-refractivity contribution is -0.0552. The fraction of sp³-hybridized carbons (Fsp3) is 0.765. The van der Waals surface area contributed by atoms with Crippen LogP contribution in [0.5, 0.6) is 5.88 Å². The van der Waals surface area contributed by atoms with Crippen molar-refractivity contribution >= 4 is 22.2 Å². The summed E-state index contributed by atoms with van der Waals surface area (Å²) in [4.78, 5) is 8.07. The second kappa shape index (κ2) is 9.82. The van der Waals surface area contributed by atoms with E-state index in [0.29, 0.717) is 18.1 Å². The van der Waals surface area contributed by atoms with E-state index in [2.05, 4.69) is 15.3 Å². The van der Waals surface area contributed by atoms with Crippen LogP contribution in [0.15, 0.2) is 17.4 Å². The maximum Gasteiger partial charge on any atom is 0.232 e. The monoisotopic (exact) mass is 405 g/mol. The third-order valence-corrected chi connectivity index (χ3v) is 6.49. The first-order valence-electron chi connectivity index (χ1n) is 9.14. The fourth-order valence-electron chi connectivity index (χ4n) is 3.33. The molecule has 1 aliphatic carbocycles. The number of halogens is 1. The third-order valence-electron chi connectivity index (χ3n) is 4.88. The van der Waals surface area contributed by atoms with Crippen LogP contribution in [0, 0.1) is 0 Å². The van der Waals surface area contributed by atoms with Crippen molar-refractivity contribution in [1.82, 2.24) is 15.3 Å². The summed E-state index contributed by atoms with van der Waals surface area (Å²) in [5.41, 5.74) is 0. The maximum absolute atomic E-state index is 11.7. The number of hydrogen-bond donors (Lipinski definition) is 1. The summed E-state index contributed by atoms with van der Waals surface area (Å²) in [6, 6.07) is 0. The molecule has 2 fully saturated rings. The largest absolute Gasteiger partial charge is 0.473 e. The smallest absolute Gasteiger partial charge is 0.232 e. The number of nitrogens with one attached hydrogen (secondary N) is 1. The van der Waals surface area contributed by atoms with E-state index in [1.807, 2.05) is 0 Å². The lowest BCUT2D eigenvalue weighted by Crippen LogP contribution is -2.37. The average Bonchev–Trinajstić information content (AvgIpc) is 2.65. The maximum atomic E-state index is 11.7. The first-order valence-corrected chi connectivity index (χ1v) is 10.8. The van der Waals surface area contributed by atoms with Crippen LogP contribution in [0.3, 0.4) is 0 Å². The van der Waals surface area contributed by atoms with E-state index in [1.165, 1.54) is 12.4 Å². The standard InChI is InChI=1S/C17H27N3O4S.ClH/c1-2-25(21,22)17-12-19-16(11-20-17)24-14-5-3-13(4-6-14)23-15-7-9-18-10-8-15;/h11-15,18H,2-10H2,1H3;1H/t13-,14-;. The second-order valence-corrected chi connectivity index (χ2v) is 8.92. The third kappa shape index (κ3) is 5.77. The Balaban J connectivity index is 0.00000243. The summed E-state index contributed by atoms with van der Waals surface area (Å²) < 4.78 is 35.5. The van der Waals surface area contributed by atoms with E-state index in [9.17, 15) is 8.42 Å². The summed E-state index contributed by atoms with van der Waals surface area (Å²) in [5.74, 6) is 0.404. The summed E-state index contributed by atoms with van der Waals surface area (Å²) in [6.07, 6.45) is 9.51. The van der Waals surface area contributed by atoms with Crippen molar-refractivity contribution in [3.63, 3.8) is 0 Å². The van der Waals surface area contributed by atoms with Crippen molar-refractivity contribution in [2.24, 2.45) is 0 Å². The quantitative estimate of drug-likeness (QED) is 0.775. The van der Waals surface area contributed by atoms with Crippen LogP contribution in [-0.4, -0.2) is 55.5 Å². The highest BCUT2D eigenvalue weighted by Crippen LogP contribution is 2.26. The molecule has 0 amide bonds. The van der Waals surface area contributed by atoms with Crippen LogP contribution in [0.1, 0.15) is 45.4 Å². The molecule has 0 bridgehead atoms. The van der Waals surface area contributed by atoms with E-state index in [-0.39, 0.29) is 29.3 Å². The van der Waals surface area contributed by atoms with Gasteiger partial charge in [0.05, 0.1) is 30.4 Å². The summed E-state index contributed by atoms with van der Waals surface area (Å²) in [5, 5.41) is 3.35. The molecule has 0 spiro atoms. The van der Waals surface area contributed by atoms with Gasteiger partial charge < -0.3 is 14.8 Å². The molecule has 2 aliphatic rings. The van der Waals surface area contributed by atoms with Gasteiger partial charge in [0.1, 0.15) is 6.10 Å². The zero-order valence-electron chi connectivity index (χ0n) is 15.1. The minimum atomic E-state index is -3.32. The van der Waals surface area contributed by atoms with Gasteiger partial charge in [-0.3, -0.25) is 0 Å². The molecular weight excluding hydrogens is 378 g/mol. The highest BCUT2D eigenvalue weighted by atomic mass is 35.5. The summed E-state index contributed by atoms with van der Waals surface area (Å²) in [7, 11) is -3.32. The van der Waals surface area contributed by atoms with Gasteiger partial charge in [0, 0.05) is 0 Å². The van der Waals surface area contributed by atoms with Crippen LogP contribution in [-0.2, 0) is 14.6 Å². The molecule has 7 nitrogen and oxygen atoms in total. The topological polar surface area (TPSA) is 90.4 Å². The predicted molar refractivity (Wildman–Crippen MR) is 101 cm³/mol. The van der Waals surface area contributed by atoms with Crippen LogP contribution in [0.25, 0.3) is 0 Å². The van der Waals surface area contributed by atoms with E-state index in [1.54, 1.807) is 6.92 Å². The van der Waals surface area contributed by atoms with Gasteiger partial charge in [-0.2, -0.15) is 0 Å². The fourth-order valence-corrected chi connectivity index (χ4v) is 4.06. The molecule has 1 aromatic heterocycles. The van der Waals surface area contributed by atoms with Gasteiger partial charge in [-0.25, -0.2) is 18.4 Å². The zero-order valence-corrected chi connectivity index (χ0v) is 16.7. The predicted octanol–water partition coefficient (Wildman–Crippen LogP) is 2.15. The van der Waals surface area contributed by atoms with Gasteiger partial charge in [0.15, 0.2) is 14.9 Å². The Bertz CT molecular complexity index is 642. The SMILES string of the molecule is CCS(=O)(=O)c1cnc(O[C@H]2CC[C@H](OC3CCNCC3)CC2)cn1.Cl. The number of piperidine rings is 1. The zero-order chi connectivity index (χ0) is 17.7. The van der Waals surface area contributed by atoms with Gasteiger partial charge in [0.25, 0.3) is 0 Å². The van der Waals surface area contributed by atoms with E-state index in [4.69, 9.17) is 9.47 Å². The summed E-state index contributed by atoms with van der Waals surface area (Å²) in [6.45, 7) is 3.68. The Morgan fingerprint density at radius 3 is 2.19 bits per heavy atom. The van der Waals surface area contributed by atoms with Gasteiger partial charge >= 0.3 is 0 Å². The molecule has 1 saturated carbocycles. The van der Waals surface area contributed by atoms with Crippen molar-refractivity contribution in [3.05, 3.63) is 12.4 Å². The number of sulfone groups is 1. The van der Waals surface area contributed by atoms with Crippen LogP contribution in [0.4, 0.5) is 0 Å². The number of hydrogen-bond acceptors (Lipinski definition) is 7. The molecule has 1 aromatic rings. The highest BCUT2D eigenvalue weighted by Gasteiger charge is 2.26. The van der Waals surface area contributed by atoms with Crippen molar-refractivity contribution < 1.29 is 17.9 Å². The number of nitrogens with zero attached hydrogens (tertiary/aromatic N) is 2.